The summed E-state index contributed by atoms with van der Waals surface area (Å²) < 4.78 is 5.61. The Bertz CT molecular complexity index is 766. The molecule has 126 valence electrons. The summed E-state index contributed by atoms with van der Waals surface area (Å²) in [6.45, 7) is 12.5. The molecule has 1 N–H and O–H groups in total. The molecule has 1 aromatic carbocycles. The summed E-state index contributed by atoms with van der Waals surface area (Å²) in [5.74, 6) is 0.774. The molecular weight excluding hydrogens is 300 g/mol. The molecule has 0 saturated carbocycles. The first-order valence-corrected chi connectivity index (χ1v) is 7.92. The van der Waals surface area contributed by atoms with Crippen LogP contribution in [0.3, 0.4) is 0 Å². The molecular formula is C19H24N4O. The number of benzene rings is 1. The van der Waals surface area contributed by atoms with E-state index >= 15 is 0 Å². The number of hydrogen-bond donors (Lipinski definition) is 1. The molecule has 0 aliphatic carbocycles. The zero-order valence-electron chi connectivity index (χ0n) is 15.1. The highest BCUT2D eigenvalue weighted by Gasteiger charge is 2.23. The Morgan fingerprint density at radius 2 is 1.71 bits per heavy atom. The predicted octanol–water partition coefficient (Wildman–Crippen LogP) is 4.59. The monoisotopic (exact) mass is 324 g/mol. The van der Waals surface area contributed by atoms with Crippen LogP contribution in [-0.4, -0.2) is 11.2 Å². The van der Waals surface area contributed by atoms with Crippen molar-refractivity contribution < 1.29 is 4.42 Å². The van der Waals surface area contributed by atoms with Gasteiger partial charge in [0.25, 0.3) is 5.88 Å². The summed E-state index contributed by atoms with van der Waals surface area (Å²) in [6.07, 6.45) is 1.69. The van der Waals surface area contributed by atoms with E-state index in [-0.39, 0.29) is 22.4 Å². The zero-order chi connectivity index (χ0) is 18.0. The molecule has 24 heavy (non-hydrogen) atoms. The first-order valence-electron chi connectivity index (χ1n) is 7.92. The number of hydrogen-bond acceptors (Lipinski definition) is 5. The number of hydrazone groups is 1. The van der Waals surface area contributed by atoms with E-state index in [0.29, 0.717) is 5.89 Å². The molecule has 0 radical (unpaired) electrons. The second kappa shape index (κ2) is 6.48. The summed E-state index contributed by atoms with van der Waals surface area (Å²) >= 11 is 0. The van der Waals surface area contributed by atoms with E-state index < -0.39 is 0 Å². The maximum absolute atomic E-state index is 9.16. The lowest BCUT2D eigenvalue weighted by atomic mass is 9.87. The normalized spacial score (nSPS) is 12.4. The smallest absolute Gasteiger partial charge is 0.252 e. The van der Waals surface area contributed by atoms with Crippen molar-refractivity contribution in [3.8, 4) is 6.07 Å². The average Bonchev–Trinajstić information content (AvgIpc) is 2.90. The molecule has 0 aliphatic rings. The SMILES string of the molecule is CC(C)(C)c1ccc(/C=N\Nc2oc(C(C)(C)C)nc2C#N)cc1. The fourth-order valence-electron chi connectivity index (χ4n) is 2.03. The maximum Gasteiger partial charge on any atom is 0.252 e. The number of nitriles is 1. The summed E-state index contributed by atoms with van der Waals surface area (Å²) in [5.41, 5.74) is 5.06. The Balaban J connectivity index is 2.12. The van der Waals surface area contributed by atoms with E-state index in [1.807, 2.05) is 39.0 Å². The molecule has 2 rings (SSSR count). The molecule has 5 heteroatoms. The van der Waals surface area contributed by atoms with Crippen molar-refractivity contribution >= 4 is 12.1 Å². The Morgan fingerprint density at radius 1 is 1.08 bits per heavy atom. The molecule has 0 aliphatic heterocycles. The van der Waals surface area contributed by atoms with Crippen molar-refractivity contribution in [3.63, 3.8) is 0 Å². The van der Waals surface area contributed by atoms with Crippen molar-refractivity contribution in [2.45, 2.75) is 52.4 Å². The van der Waals surface area contributed by atoms with Gasteiger partial charge in [-0.05, 0) is 16.5 Å². The van der Waals surface area contributed by atoms with Gasteiger partial charge in [-0.25, -0.2) is 5.43 Å². The van der Waals surface area contributed by atoms with E-state index in [2.05, 4.69) is 48.4 Å². The number of nitrogens with zero attached hydrogens (tertiary/aromatic N) is 3. The highest BCUT2D eigenvalue weighted by Crippen LogP contribution is 2.26. The standard InChI is InChI=1S/C19H24N4O/c1-18(2,3)14-9-7-13(8-10-14)12-21-23-16-15(11-20)22-17(24-16)19(4,5)6/h7-10,12,23H,1-6H3/b21-12-. The fraction of sp³-hybridized carbons (Fsp3) is 0.421. The molecule has 2 aromatic rings. The average molecular weight is 324 g/mol. The molecule has 0 saturated heterocycles. The number of anilines is 1. The Hall–Kier alpha value is -2.61. The minimum atomic E-state index is -0.266. The van der Waals surface area contributed by atoms with Crippen LogP contribution in [0.4, 0.5) is 5.88 Å². The van der Waals surface area contributed by atoms with Gasteiger partial charge in [0.15, 0.2) is 0 Å². The van der Waals surface area contributed by atoms with Crippen molar-refractivity contribution in [2.24, 2.45) is 5.10 Å². The molecule has 0 unspecified atom stereocenters. The van der Waals surface area contributed by atoms with Gasteiger partial charge < -0.3 is 4.42 Å². The number of rotatable bonds is 3. The van der Waals surface area contributed by atoms with E-state index in [0.717, 1.165) is 5.56 Å². The molecule has 0 spiro atoms. The minimum Gasteiger partial charge on any atom is -0.421 e. The summed E-state index contributed by atoms with van der Waals surface area (Å²) in [7, 11) is 0. The van der Waals surface area contributed by atoms with Gasteiger partial charge in [-0.1, -0.05) is 65.8 Å². The van der Waals surface area contributed by atoms with Crippen molar-refractivity contribution in [3.05, 3.63) is 47.0 Å². The van der Waals surface area contributed by atoms with Crippen LogP contribution in [0.1, 0.15) is 64.3 Å². The zero-order valence-corrected chi connectivity index (χ0v) is 15.1. The largest absolute Gasteiger partial charge is 0.421 e. The van der Waals surface area contributed by atoms with Crippen LogP contribution in [-0.2, 0) is 10.8 Å². The van der Waals surface area contributed by atoms with Crippen LogP contribution >= 0.6 is 0 Å². The van der Waals surface area contributed by atoms with Gasteiger partial charge >= 0.3 is 0 Å². The molecule has 0 fully saturated rings. The lowest BCUT2D eigenvalue weighted by Gasteiger charge is -2.18. The van der Waals surface area contributed by atoms with Crippen molar-refractivity contribution in [1.82, 2.24) is 4.98 Å². The second-order valence-electron chi connectivity index (χ2n) is 7.80. The quantitative estimate of drug-likeness (QED) is 0.662. The number of nitrogens with one attached hydrogen (secondary N) is 1. The van der Waals surface area contributed by atoms with Crippen LogP contribution in [0.15, 0.2) is 33.8 Å². The Morgan fingerprint density at radius 3 is 2.21 bits per heavy atom. The van der Waals surface area contributed by atoms with Gasteiger partial charge in [0.2, 0.25) is 11.6 Å². The van der Waals surface area contributed by atoms with E-state index in [9.17, 15) is 0 Å². The Labute approximate surface area is 143 Å². The number of aromatic nitrogens is 1. The van der Waals surface area contributed by atoms with Crippen molar-refractivity contribution in [2.75, 3.05) is 5.43 Å². The molecule has 0 amide bonds. The first-order chi connectivity index (χ1) is 11.1. The van der Waals surface area contributed by atoms with E-state index in [1.54, 1.807) is 6.21 Å². The fourth-order valence-corrected chi connectivity index (χ4v) is 2.03. The summed E-state index contributed by atoms with van der Waals surface area (Å²) in [6, 6.07) is 10.2. The van der Waals surface area contributed by atoms with E-state index in [1.165, 1.54) is 5.56 Å². The third-order valence-electron chi connectivity index (χ3n) is 3.53. The van der Waals surface area contributed by atoms with Crippen molar-refractivity contribution in [1.29, 1.82) is 5.26 Å². The highest BCUT2D eigenvalue weighted by atomic mass is 16.4. The summed E-state index contributed by atoms with van der Waals surface area (Å²) in [4.78, 5) is 4.20. The molecule has 0 bridgehead atoms. The highest BCUT2D eigenvalue weighted by molar-refractivity contribution is 5.80. The van der Waals surface area contributed by atoms with Crippen LogP contribution in [0.5, 0.6) is 0 Å². The number of oxazole rings is 1. The van der Waals surface area contributed by atoms with Gasteiger partial charge in [-0.3, -0.25) is 0 Å². The van der Waals surface area contributed by atoms with E-state index in [4.69, 9.17) is 9.68 Å². The molecule has 5 nitrogen and oxygen atoms in total. The first kappa shape index (κ1) is 17.7. The van der Waals surface area contributed by atoms with Crippen LogP contribution in [0.25, 0.3) is 0 Å². The second-order valence-corrected chi connectivity index (χ2v) is 7.80. The molecule has 1 aromatic heterocycles. The minimum absolute atomic E-state index is 0.124. The lowest BCUT2D eigenvalue weighted by Crippen LogP contribution is -2.11. The molecule has 0 atom stereocenters. The lowest BCUT2D eigenvalue weighted by molar-refractivity contribution is 0.399. The van der Waals surface area contributed by atoms with Gasteiger partial charge in [0.1, 0.15) is 6.07 Å². The van der Waals surface area contributed by atoms with Gasteiger partial charge in [0, 0.05) is 5.41 Å². The third-order valence-corrected chi connectivity index (χ3v) is 3.53. The van der Waals surface area contributed by atoms with Gasteiger partial charge in [0.05, 0.1) is 6.21 Å². The van der Waals surface area contributed by atoms with Gasteiger partial charge in [-0.15, -0.1) is 0 Å². The molecule has 1 heterocycles. The topological polar surface area (TPSA) is 74.2 Å². The third kappa shape index (κ3) is 4.23. The maximum atomic E-state index is 9.16. The summed E-state index contributed by atoms with van der Waals surface area (Å²) in [5, 5.41) is 13.3. The van der Waals surface area contributed by atoms with Crippen LogP contribution in [0.2, 0.25) is 0 Å². The predicted molar refractivity (Wildman–Crippen MR) is 96.3 cm³/mol. The van der Waals surface area contributed by atoms with Gasteiger partial charge in [-0.2, -0.15) is 15.3 Å². The Kier molecular flexibility index (Phi) is 4.79. The van der Waals surface area contributed by atoms with Crippen LogP contribution < -0.4 is 5.43 Å². The van der Waals surface area contributed by atoms with Crippen LogP contribution in [0, 0.1) is 11.3 Å².